The molecule has 0 aliphatic carbocycles. The number of hydrogen-bond donors (Lipinski definition) is 3. The Kier molecular flexibility index (Phi) is 16.2. The molecule has 0 saturated heterocycles. The minimum absolute atomic E-state index is 0. The monoisotopic (exact) mass is 537 g/mol. The van der Waals surface area contributed by atoms with Crippen LogP contribution >= 0.6 is 0 Å². The van der Waals surface area contributed by atoms with Crippen molar-refractivity contribution in [3.05, 3.63) is 126 Å². The van der Waals surface area contributed by atoms with Crippen molar-refractivity contribution in [3.8, 4) is 0 Å². The van der Waals surface area contributed by atoms with Crippen molar-refractivity contribution in [1.29, 1.82) is 0 Å². The van der Waals surface area contributed by atoms with Gasteiger partial charge in [-0.05, 0) is 20.8 Å². The first-order valence-electron chi connectivity index (χ1n) is 11.0. The summed E-state index contributed by atoms with van der Waals surface area (Å²) in [5.74, 6) is -0.418. The van der Waals surface area contributed by atoms with Gasteiger partial charge in [0.15, 0.2) is 17.3 Å². The van der Waals surface area contributed by atoms with Crippen LogP contribution in [0.2, 0.25) is 0 Å². The predicted molar refractivity (Wildman–Crippen MR) is 143 cm³/mol. The van der Waals surface area contributed by atoms with Crippen molar-refractivity contribution in [2.24, 2.45) is 0 Å². The van der Waals surface area contributed by atoms with Crippen LogP contribution in [0.1, 0.15) is 37.5 Å². The molecule has 7 heteroatoms. The van der Waals surface area contributed by atoms with E-state index in [1.807, 2.05) is 18.2 Å². The van der Waals surface area contributed by atoms with E-state index in [1.54, 1.807) is 72.8 Å². The Labute approximate surface area is 229 Å². The van der Waals surface area contributed by atoms with Gasteiger partial charge in [0, 0.05) is 53.5 Å². The van der Waals surface area contributed by atoms with E-state index in [0.717, 1.165) is 0 Å². The Balaban J connectivity index is 0.000000518. The summed E-state index contributed by atoms with van der Waals surface area (Å²) >= 11 is 0. The van der Waals surface area contributed by atoms with E-state index in [0.29, 0.717) is 16.7 Å². The zero-order valence-electron chi connectivity index (χ0n) is 20.9. The molecular weight excluding hydrogens is 507 g/mol. The van der Waals surface area contributed by atoms with Gasteiger partial charge in [-0.3, -0.25) is 14.4 Å². The number of aliphatic hydroxyl groups is 3. The molecule has 0 atom stereocenters. The molecule has 0 saturated carbocycles. The molecule has 191 valence electrons. The summed E-state index contributed by atoms with van der Waals surface area (Å²) < 4.78 is 0. The first-order chi connectivity index (χ1) is 17.1. The number of ketones is 3. The molecule has 1 radical (unpaired) electrons. The van der Waals surface area contributed by atoms with Crippen LogP contribution in [0.5, 0.6) is 0 Å². The number of benzene rings is 3. The fourth-order valence-electron chi connectivity index (χ4n) is 2.65. The van der Waals surface area contributed by atoms with Gasteiger partial charge in [-0.2, -0.15) is 0 Å². The molecule has 3 N–H and O–H groups in total. The predicted octanol–water partition coefficient (Wildman–Crippen LogP) is 6.52. The molecule has 3 aromatic rings. The van der Waals surface area contributed by atoms with Crippen molar-refractivity contribution in [3.63, 3.8) is 0 Å². The van der Waals surface area contributed by atoms with Gasteiger partial charge in [-0.25, -0.2) is 0 Å². The van der Waals surface area contributed by atoms with Gasteiger partial charge < -0.3 is 15.3 Å². The molecule has 0 bridgehead atoms. The van der Waals surface area contributed by atoms with Crippen LogP contribution in [0.3, 0.4) is 0 Å². The van der Waals surface area contributed by atoms with Gasteiger partial charge in [-0.15, -0.1) is 0 Å². The molecule has 0 unspecified atom stereocenters. The zero-order valence-corrected chi connectivity index (χ0v) is 22.3. The van der Waals surface area contributed by atoms with E-state index in [1.165, 1.54) is 39.0 Å². The maximum absolute atomic E-state index is 10.6. The molecule has 37 heavy (non-hydrogen) atoms. The van der Waals surface area contributed by atoms with Gasteiger partial charge in [0.05, 0.1) is 0 Å². The first-order valence-corrected chi connectivity index (χ1v) is 11.0. The van der Waals surface area contributed by atoms with Gasteiger partial charge in [0.1, 0.15) is 17.3 Å². The fraction of sp³-hybridized carbons (Fsp3) is 0.100. The zero-order chi connectivity index (χ0) is 26.9. The molecule has 0 aromatic heterocycles. The normalized spacial score (nSPS) is 10.9. The van der Waals surface area contributed by atoms with Crippen LogP contribution in [0.15, 0.2) is 109 Å². The Hall–Kier alpha value is -4.13. The Morgan fingerprint density at radius 1 is 0.459 bits per heavy atom. The topological polar surface area (TPSA) is 112 Å². The Bertz CT molecular complexity index is 1060. The number of carbonyl (C=O) groups excluding carboxylic acids is 3. The molecule has 0 heterocycles. The van der Waals surface area contributed by atoms with Crippen LogP contribution in [0.4, 0.5) is 0 Å². The third-order valence-electron chi connectivity index (χ3n) is 4.23. The van der Waals surface area contributed by atoms with E-state index in [9.17, 15) is 29.7 Å². The summed E-state index contributed by atoms with van der Waals surface area (Å²) in [6, 6.07) is 26.9. The molecule has 0 aliphatic heterocycles. The van der Waals surface area contributed by atoms with Crippen LogP contribution in [-0.4, -0.2) is 32.7 Å². The molecule has 0 fully saturated rings. The van der Waals surface area contributed by atoms with Gasteiger partial charge in [0.2, 0.25) is 0 Å². The SMILES string of the molecule is CC(=O)/C=C(\O)c1ccccc1.CC(=O)/C=C(\O)c1ccccc1.CC(=O)/C=C(\O)c1ccccc1.[V]. The van der Waals surface area contributed by atoms with Crippen LogP contribution in [0.25, 0.3) is 17.3 Å². The maximum Gasteiger partial charge on any atom is 0.156 e. The number of aliphatic hydroxyl groups excluding tert-OH is 3. The van der Waals surface area contributed by atoms with Crippen LogP contribution < -0.4 is 0 Å². The van der Waals surface area contributed by atoms with E-state index >= 15 is 0 Å². The van der Waals surface area contributed by atoms with Crippen molar-refractivity contribution in [2.45, 2.75) is 20.8 Å². The van der Waals surface area contributed by atoms with Crippen LogP contribution in [0, 0.1) is 0 Å². The fourth-order valence-corrected chi connectivity index (χ4v) is 2.65. The molecule has 6 nitrogen and oxygen atoms in total. The molecule has 0 aliphatic rings. The minimum Gasteiger partial charge on any atom is -0.507 e. The average Bonchev–Trinajstić information content (AvgIpc) is 2.85. The van der Waals surface area contributed by atoms with Gasteiger partial charge in [-0.1, -0.05) is 91.0 Å². The number of allylic oxidation sites excluding steroid dienone is 3. The summed E-state index contributed by atoms with van der Waals surface area (Å²) in [5, 5.41) is 28.0. The van der Waals surface area contributed by atoms with E-state index < -0.39 is 0 Å². The van der Waals surface area contributed by atoms with E-state index in [2.05, 4.69) is 0 Å². The Morgan fingerprint density at radius 3 is 0.811 bits per heavy atom. The summed E-state index contributed by atoms with van der Waals surface area (Å²) in [6.45, 7) is 4.21. The van der Waals surface area contributed by atoms with Crippen LogP contribution in [-0.2, 0) is 32.9 Å². The number of rotatable bonds is 6. The largest absolute Gasteiger partial charge is 0.507 e. The van der Waals surface area contributed by atoms with Gasteiger partial charge >= 0.3 is 0 Å². The second kappa shape index (κ2) is 18.2. The molecule has 3 rings (SSSR count). The van der Waals surface area contributed by atoms with E-state index in [4.69, 9.17) is 0 Å². The molecular formula is C30H30O6V. The van der Waals surface area contributed by atoms with Crippen molar-refractivity contribution in [2.75, 3.05) is 0 Å². The van der Waals surface area contributed by atoms with Crippen molar-refractivity contribution in [1.82, 2.24) is 0 Å². The first kappa shape index (κ1) is 32.9. The average molecular weight is 538 g/mol. The minimum atomic E-state index is -0.156. The second-order valence-corrected chi connectivity index (χ2v) is 7.52. The Morgan fingerprint density at radius 2 is 0.649 bits per heavy atom. The standard InChI is InChI=1S/3C10H10O2.V/c3*1-8(11)7-10(12)9-5-3-2-4-6-9;/h3*2-7,12H,1H3;/b3*10-7-;. The number of carbonyl (C=O) groups is 3. The summed E-state index contributed by atoms with van der Waals surface area (Å²) in [7, 11) is 0. The smallest absolute Gasteiger partial charge is 0.156 e. The maximum atomic E-state index is 10.6. The number of hydrogen-bond acceptors (Lipinski definition) is 6. The van der Waals surface area contributed by atoms with Crippen molar-refractivity contribution >= 4 is 34.6 Å². The third-order valence-corrected chi connectivity index (χ3v) is 4.23. The second-order valence-electron chi connectivity index (χ2n) is 7.52. The van der Waals surface area contributed by atoms with Crippen molar-refractivity contribution < 1.29 is 48.3 Å². The van der Waals surface area contributed by atoms with E-state index in [-0.39, 0.29) is 53.2 Å². The summed E-state index contributed by atoms with van der Waals surface area (Å²) in [5.41, 5.74) is 1.98. The summed E-state index contributed by atoms with van der Waals surface area (Å²) in [6.07, 6.45) is 3.61. The summed E-state index contributed by atoms with van der Waals surface area (Å²) in [4.78, 5) is 31.8. The molecule has 0 spiro atoms. The quantitative estimate of drug-likeness (QED) is 0.244. The van der Waals surface area contributed by atoms with Gasteiger partial charge in [0.25, 0.3) is 0 Å². The molecule has 0 amide bonds. The molecule has 3 aromatic carbocycles. The third kappa shape index (κ3) is 14.8.